The number of amides is 1. The molecule has 0 saturated heterocycles. The molecule has 20 heavy (non-hydrogen) atoms. The van der Waals surface area contributed by atoms with Crippen LogP contribution in [0, 0.1) is 5.92 Å². The summed E-state index contributed by atoms with van der Waals surface area (Å²) in [5, 5.41) is 4.96. The quantitative estimate of drug-likeness (QED) is 0.666. The predicted octanol–water partition coefficient (Wildman–Crippen LogP) is 3.66. The summed E-state index contributed by atoms with van der Waals surface area (Å²) >= 11 is 11.8. The lowest BCUT2D eigenvalue weighted by molar-refractivity contribution is -0.127. The van der Waals surface area contributed by atoms with Crippen molar-refractivity contribution in [3.63, 3.8) is 0 Å². The lowest BCUT2D eigenvalue weighted by Crippen LogP contribution is -2.34. The molecule has 0 aliphatic heterocycles. The monoisotopic (exact) mass is 314 g/mol. The lowest BCUT2D eigenvalue weighted by atomic mass is 10.3. The molecule has 1 N–H and O–H groups in total. The Balaban J connectivity index is 1.91. The first-order valence-electron chi connectivity index (χ1n) is 6.43. The fourth-order valence-electron chi connectivity index (χ4n) is 1.64. The third-order valence-electron chi connectivity index (χ3n) is 3.08. The molecule has 0 aromatic heterocycles. The molecule has 4 nitrogen and oxygen atoms in total. The summed E-state index contributed by atoms with van der Waals surface area (Å²) in [5.41, 5.74) is 3.46. The van der Waals surface area contributed by atoms with Crippen molar-refractivity contribution in [3.8, 4) is 5.75 Å². The van der Waals surface area contributed by atoms with Gasteiger partial charge in [0.2, 0.25) is 0 Å². The van der Waals surface area contributed by atoms with Crippen LogP contribution in [0.4, 0.5) is 0 Å². The van der Waals surface area contributed by atoms with E-state index in [2.05, 4.69) is 10.5 Å². The molecule has 1 saturated carbocycles. The van der Waals surface area contributed by atoms with Gasteiger partial charge >= 0.3 is 0 Å². The molecular formula is C14H16Cl2N2O2. The molecule has 0 radical (unpaired) electrons. The van der Waals surface area contributed by atoms with E-state index < -0.39 is 6.10 Å². The number of hydrogen-bond donors (Lipinski definition) is 1. The van der Waals surface area contributed by atoms with Gasteiger partial charge in [-0.3, -0.25) is 4.79 Å². The lowest BCUT2D eigenvalue weighted by Gasteiger charge is -2.14. The normalized spacial score (nSPS) is 16.7. The minimum absolute atomic E-state index is 0.309. The zero-order valence-electron chi connectivity index (χ0n) is 11.3. The largest absolute Gasteiger partial charge is 0.479 e. The first kappa shape index (κ1) is 15.1. The van der Waals surface area contributed by atoms with Crippen LogP contribution >= 0.6 is 23.2 Å². The first-order chi connectivity index (χ1) is 9.47. The summed E-state index contributed by atoms with van der Waals surface area (Å²) < 4.78 is 5.50. The fraction of sp³-hybridized carbons (Fsp3) is 0.429. The van der Waals surface area contributed by atoms with E-state index in [1.165, 1.54) is 0 Å². The molecule has 0 spiro atoms. The molecule has 1 fully saturated rings. The molecule has 2 rings (SSSR count). The Bertz CT molecular complexity index is 542. The molecule has 1 unspecified atom stereocenters. The molecule has 0 heterocycles. The number of nitrogens with one attached hydrogen (secondary N) is 1. The van der Waals surface area contributed by atoms with Crippen LogP contribution < -0.4 is 10.2 Å². The number of halogens is 2. The summed E-state index contributed by atoms with van der Waals surface area (Å²) in [4.78, 5) is 11.9. The number of hydrogen-bond acceptors (Lipinski definition) is 3. The Hall–Kier alpha value is -1.26. The number of hydrazone groups is 1. The van der Waals surface area contributed by atoms with Gasteiger partial charge in [0.1, 0.15) is 5.75 Å². The topological polar surface area (TPSA) is 50.7 Å². The number of benzene rings is 1. The van der Waals surface area contributed by atoms with E-state index in [1.54, 1.807) is 25.1 Å². The van der Waals surface area contributed by atoms with Crippen LogP contribution in [0.1, 0.15) is 26.7 Å². The minimum Gasteiger partial charge on any atom is -0.479 e. The van der Waals surface area contributed by atoms with E-state index in [0.29, 0.717) is 21.7 Å². The van der Waals surface area contributed by atoms with Gasteiger partial charge in [0.05, 0.1) is 5.02 Å². The van der Waals surface area contributed by atoms with Crippen molar-refractivity contribution >= 4 is 34.8 Å². The van der Waals surface area contributed by atoms with Crippen molar-refractivity contribution < 1.29 is 9.53 Å². The van der Waals surface area contributed by atoms with E-state index in [-0.39, 0.29) is 5.91 Å². The SMILES string of the molecule is CC(=NNC(=O)C(C)Oc1ccc(Cl)cc1Cl)C1CC1. The fourth-order valence-corrected chi connectivity index (χ4v) is 2.09. The summed E-state index contributed by atoms with van der Waals surface area (Å²) in [6.07, 6.45) is 1.61. The summed E-state index contributed by atoms with van der Waals surface area (Å²) in [7, 11) is 0. The number of rotatable bonds is 5. The summed E-state index contributed by atoms with van der Waals surface area (Å²) in [5.74, 6) is 0.634. The first-order valence-corrected chi connectivity index (χ1v) is 7.18. The standard InChI is InChI=1S/C14H16Cl2N2O2/c1-8(10-3-4-10)17-18-14(19)9(2)20-13-6-5-11(15)7-12(13)16/h5-7,9-10H,3-4H2,1-2H3,(H,18,19). The van der Waals surface area contributed by atoms with Gasteiger partial charge in [-0.1, -0.05) is 23.2 Å². The zero-order valence-corrected chi connectivity index (χ0v) is 12.8. The highest BCUT2D eigenvalue weighted by Gasteiger charge is 2.25. The van der Waals surface area contributed by atoms with E-state index >= 15 is 0 Å². The van der Waals surface area contributed by atoms with Gasteiger partial charge in [-0.2, -0.15) is 5.10 Å². The second kappa shape index (κ2) is 6.46. The minimum atomic E-state index is -0.690. The van der Waals surface area contributed by atoms with E-state index in [4.69, 9.17) is 27.9 Å². The average molecular weight is 315 g/mol. The Morgan fingerprint density at radius 3 is 2.75 bits per heavy atom. The van der Waals surface area contributed by atoms with Crippen LogP contribution in [0.15, 0.2) is 23.3 Å². The van der Waals surface area contributed by atoms with E-state index in [9.17, 15) is 4.79 Å². The number of carbonyl (C=O) groups is 1. The van der Waals surface area contributed by atoms with Gasteiger partial charge in [-0.05, 0) is 50.8 Å². The Kier molecular flexibility index (Phi) is 4.89. The average Bonchev–Trinajstić information content (AvgIpc) is 3.23. The van der Waals surface area contributed by atoms with E-state index in [0.717, 1.165) is 18.6 Å². The van der Waals surface area contributed by atoms with Crippen molar-refractivity contribution in [2.75, 3.05) is 0 Å². The maximum absolute atomic E-state index is 11.9. The van der Waals surface area contributed by atoms with Gasteiger partial charge in [-0.25, -0.2) is 5.43 Å². The predicted molar refractivity (Wildman–Crippen MR) is 80.5 cm³/mol. The molecule has 108 valence electrons. The second-order valence-electron chi connectivity index (χ2n) is 4.84. The molecule has 1 atom stereocenters. The van der Waals surface area contributed by atoms with Crippen LogP contribution in [0.3, 0.4) is 0 Å². The van der Waals surface area contributed by atoms with Crippen LogP contribution in [0.2, 0.25) is 10.0 Å². The van der Waals surface area contributed by atoms with Crippen molar-refractivity contribution in [3.05, 3.63) is 28.2 Å². The third kappa shape index (κ3) is 4.12. The summed E-state index contributed by atoms with van der Waals surface area (Å²) in [6, 6.07) is 4.86. The molecule has 6 heteroatoms. The van der Waals surface area contributed by atoms with Crippen molar-refractivity contribution in [1.29, 1.82) is 0 Å². The molecule has 1 aliphatic rings. The highest BCUT2D eigenvalue weighted by atomic mass is 35.5. The van der Waals surface area contributed by atoms with Crippen LogP contribution in [0.5, 0.6) is 5.75 Å². The van der Waals surface area contributed by atoms with Crippen molar-refractivity contribution in [2.24, 2.45) is 11.0 Å². The van der Waals surface area contributed by atoms with Crippen LogP contribution in [-0.4, -0.2) is 17.7 Å². The molecule has 1 aromatic carbocycles. The number of carbonyl (C=O) groups excluding carboxylic acids is 1. The highest BCUT2D eigenvalue weighted by Crippen LogP contribution is 2.30. The second-order valence-corrected chi connectivity index (χ2v) is 5.68. The van der Waals surface area contributed by atoms with Gasteiger partial charge in [0.25, 0.3) is 5.91 Å². The molecule has 1 amide bonds. The van der Waals surface area contributed by atoms with Gasteiger partial charge in [-0.15, -0.1) is 0 Å². The number of nitrogens with zero attached hydrogens (tertiary/aromatic N) is 1. The molecule has 1 aliphatic carbocycles. The summed E-state index contributed by atoms with van der Waals surface area (Å²) in [6.45, 7) is 3.56. The van der Waals surface area contributed by atoms with Gasteiger partial charge in [0, 0.05) is 10.7 Å². The van der Waals surface area contributed by atoms with Crippen LogP contribution in [0.25, 0.3) is 0 Å². The maximum atomic E-state index is 11.9. The highest BCUT2D eigenvalue weighted by molar-refractivity contribution is 6.35. The third-order valence-corrected chi connectivity index (χ3v) is 3.61. The Morgan fingerprint density at radius 1 is 1.45 bits per heavy atom. The van der Waals surface area contributed by atoms with Crippen molar-refractivity contribution in [1.82, 2.24) is 5.43 Å². The molecule has 0 bridgehead atoms. The van der Waals surface area contributed by atoms with Crippen LogP contribution in [-0.2, 0) is 4.79 Å². The Morgan fingerprint density at radius 2 is 2.15 bits per heavy atom. The van der Waals surface area contributed by atoms with Gasteiger partial charge < -0.3 is 4.74 Å². The molecule has 1 aromatic rings. The smallest absolute Gasteiger partial charge is 0.280 e. The van der Waals surface area contributed by atoms with E-state index in [1.807, 2.05) is 6.92 Å². The zero-order chi connectivity index (χ0) is 14.7. The van der Waals surface area contributed by atoms with Gasteiger partial charge in [0.15, 0.2) is 6.10 Å². The Labute approximate surface area is 128 Å². The maximum Gasteiger partial charge on any atom is 0.280 e. The molecular weight excluding hydrogens is 299 g/mol. The number of ether oxygens (including phenoxy) is 1. The van der Waals surface area contributed by atoms with Crippen molar-refractivity contribution in [2.45, 2.75) is 32.8 Å².